The highest BCUT2D eigenvalue weighted by atomic mass is 79.9. The van der Waals surface area contributed by atoms with Crippen LogP contribution in [0.25, 0.3) is 0 Å². The second-order valence-corrected chi connectivity index (χ2v) is 4.87. The Kier molecular flexibility index (Phi) is 5.78. The number of hydrogen-bond donors (Lipinski definition) is 0. The zero-order valence-corrected chi connectivity index (χ0v) is 12.7. The Balaban J connectivity index is 2.81. The van der Waals surface area contributed by atoms with Gasteiger partial charge in [0.15, 0.2) is 11.5 Å². The minimum Gasteiger partial charge on any atom is -0.493 e. The number of ether oxygens (including phenoxy) is 2. The van der Waals surface area contributed by atoms with E-state index in [4.69, 9.17) is 9.47 Å². The van der Waals surface area contributed by atoms with Gasteiger partial charge in [-0.15, -0.1) is 0 Å². The summed E-state index contributed by atoms with van der Waals surface area (Å²) in [5.41, 5.74) is 0.932. The van der Waals surface area contributed by atoms with Gasteiger partial charge in [-0.1, -0.05) is 15.9 Å². The van der Waals surface area contributed by atoms with Crippen molar-refractivity contribution in [1.82, 2.24) is 0 Å². The van der Waals surface area contributed by atoms with Gasteiger partial charge < -0.3 is 9.47 Å². The zero-order chi connectivity index (χ0) is 13.8. The van der Waals surface area contributed by atoms with Crippen molar-refractivity contribution in [1.29, 1.82) is 0 Å². The van der Waals surface area contributed by atoms with Crippen LogP contribution in [0.3, 0.4) is 0 Å². The first kappa shape index (κ1) is 15.6. The Hall–Kier alpha value is -0.430. The maximum Gasteiger partial charge on any atom is 0.392 e. The normalized spacial score (nSPS) is 11.4. The molecule has 102 valence electrons. The molecule has 0 N–H and O–H groups in total. The van der Waals surface area contributed by atoms with Gasteiger partial charge in [-0.05, 0) is 33.6 Å². The lowest BCUT2D eigenvalue weighted by Crippen LogP contribution is -2.13. The van der Waals surface area contributed by atoms with Gasteiger partial charge in [0.25, 0.3) is 0 Å². The van der Waals surface area contributed by atoms with E-state index in [1.165, 1.54) is 7.11 Å². The van der Waals surface area contributed by atoms with Crippen molar-refractivity contribution in [3.63, 3.8) is 0 Å². The molecule has 0 spiro atoms. The van der Waals surface area contributed by atoms with Crippen LogP contribution in [0.1, 0.15) is 12.0 Å². The molecule has 0 heterocycles. The van der Waals surface area contributed by atoms with E-state index in [0.717, 1.165) is 5.56 Å². The van der Waals surface area contributed by atoms with Gasteiger partial charge in [-0.25, -0.2) is 0 Å². The first-order chi connectivity index (χ1) is 8.37. The fraction of sp³-hybridized carbons (Fsp3) is 0.455. The molecule has 0 aromatic heterocycles. The zero-order valence-electron chi connectivity index (χ0n) is 9.48. The molecular formula is C11H11Br2F3O2. The van der Waals surface area contributed by atoms with Crippen molar-refractivity contribution in [2.45, 2.75) is 17.9 Å². The molecule has 0 amide bonds. The van der Waals surface area contributed by atoms with Crippen molar-refractivity contribution in [2.24, 2.45) is 0 Å². The van der Waals surface area contributed by atoms with Crippen LogP contribution in [0.5, 0.6) is 11.5 Å². The maximum absolute atomic E-state index is 12.0. The Bertz CT molecular complexity index is 408. The highest BCUT2D eigenvalue weighted by Crippen LogP contribution is 2.37. The fourth-order valence-electron chi connectivity index (χ4n) is 1.26. The molecule has 1 rings (SSSR count). The van der Waals surface area contributed by atoms with Crippen LogP contribution in [-0.4, -0.2) is 19.9 Å². The number of rotatable bonds is 5. The quantitative estimate of drug-likeness (QED) is 0.678. The molecule has 0 aliphatic rings. The molecule has 0 saturated carbocycles. The minimum atomic E-state index is -4.23. The molecule has 7 heteroatoms. The summed E-state index contributed by atoms with van der Waals surface area (Å²) in [5.74, 6) is 0.687. The summed E-state index contributed by atoms with van der Waals surface area (Å²) < 4.78 is 46.9. The van der Waals surface area contributed by atoms with Crippen LogP contribution < -0.4 is 9.47 Å². The molecule has 0 atom stereocenters. The van der Waals surface area contributed by atoms with E-state index in [2.05, 4.69) is 31.9 Å². The topological polar surface area (TPSA) is 18.5 Å². The van der Waals surface area contributed by atoms with E-state index in [1.54, 1.807) is 12.1 Å². The van der Waals surface area contributed by atoms with Gasteiger partial charge in [-0.3, -0.25) is 0 Å². The third-order valence-electron chi connectivity index (χ3n) is 2.08. The van der Waals surface area contributed by atoms with Gasteiger partial charge in [0, 0.05) is 5.33 Å². The molecule has 0 saturated heterocycles. The summed E-state index contributed by atoms with van der Waals surface area (Å²) in [6, 6.07) is 3.47. The molecule has 18 heavy (non-hydrogen) atoms. The maximum atomic E-state index is 12.0. The number of benzene rings is 1. The first-order valence-corrected chi connectivity index (χ1v) is 6.90. The summed E-state index contributed by atoms with van der Waals surface area (Å²) in [6.45, 7) is -0.438. The predicted molar refractivity (Wildman–Crippen MR) is 69.5 cm³/mol. The monoisotopic (exact) mass is 390 g/mol. The molecular weight excluding hydrogens is 381 g/mol. The van der Waals surface area contributed by atoms with Crippen LogP contribution in [0, 0.1) is 0 Å². The van der Waals surface area contributed by atoms with Crippen molar-refractivity contribution >= 4 is 31.9 Å². The summed E-state index contributed by atoms with van der Waals surface area (Å²) >= 11 is 6.55. The number of hydrogen-bond acceptors (Lipinski definition) is 2. The fourth-order valence-corrected chi connectivity index (χ4v) is 2.19. The highest BCUT2D eigenvalue weighted by Gasteiger charge is 2.27. The molecule has 0 fully saturated rings. The van der Waals surface area contributed by atoms with Crippen LogP contribution in [0.4, 0.5) is 13.2 Å². The van der Waals surface area contributed by atoms with Crippen LogP contribution >= 0.6 is 31.9 Å². The second kappa shape index (κ2) is 6.65. The SMILES string of the molecule is COc1cc(CBr)cc(Br)c1OCCC(F)(F)F. The average molecular weight is 392 g/mol. The Morgan fingerprint density at radius 3 is 2.44 bits per heavy atom. The molecule has 0 aliphatic carbocycles. The Labute approximate surface area is 120 Å². The van der Waals surface area contributed by atoms with Crippen molar-refractivity contribution < 1.29 is 22.6 Å². The van der Waals surface area contributed by atoms with E-state index >= 15 is 0 Å². The predicted octanol–water partition coefficient (Wildman–Crippen LogP) is 4.68. The van der Waals surface area contributed by atoms with Gasteiger partial charge in [-0.2, -0.15) is 13.2 Å². The third-order valence-corrected chi connectivity index (χ3v) is 3.31. The first-order valence-electron chi connectivity index (χ1n) is 4.99. The van der Waals surface area contributed by atoms with Crippen LogP contribution in [0.15, 0.2) is 16.6 Å². The standard InChI is InChI=1S/C11H11Br2F3O2/c1-17-9-5-7(6-12)4-8(13)10(9)18-3-2-11(14,15)16/h4-5H,2-3,6H2,1H3. The molecule has 1 aromatic carbocycles. The van der Waals surface area contributed by atoms with Gasteiger partial charge >= 0.3 is 6.18 Å². The average Bonchev–Trinajstić information content (AvgIpc) is 2.29. The van der Waals surface area contributed by atoms with E-state index in [1.807, 2.05) is 0 Å². The van der Waals surface area contributed by atoms with Crippen molar-refractivity contribution in [3.8, 4) is 11.5 Å². The van der Waals surface area contributed by atoms with Crippen molar-refractivity contribution in [2.75, 3.05) is 13.7 Å². The van der Waals surface area contributed by atoms with E-state index in [-0.39, 0.29) is 5.75 Å². The highest BCUT2D eigenvalue weighted by molar-refractivity contribution is 9.10. The summed E-state index contributed by atoms with van der Waals surface area (Å²) in [6.07, 6.45) is -5.22. The Morgan fingerprint density at radius 1 is 1.28 bits per heavy atom. The van der Waals surface area contributed by atoms with Crippen LogP contribution in [-0.2, 0) is 5.33 Å². The van der Waals surface area contributed by atoms with Gasteiger partial charge in [0.2, 0.25) is 0 Å². The molecule has 0 aliphatic heterocycles. The summed E-state index contributed by atoms with van der Waals surface area (Å²) in [4.78, 5) is 0. The van der Waals surface area contributed by atoms with E-state index < -0.39 is 19.2 Å². The Morgan fingerprint density at radius 2 is 1.94 bits per heavy atom. The number of methoxy groups -OCH3 is 1. The second-order valence-electron chi connectivity index (χ2n) is 3.46. The molecule has 1 aromatic rings. The molecule has 0 unspecified atom stereocenters. The molecule has 0 radical (unpaired) electrons. The largest absolute Gasteiger partial charge is 0.493 e. The third kappa shape index (κ3) is 4.68. The lowest BCUT2D eigenvalue weighted by molar-refractivity contribution is -0.139. The van der Waals surface area contributed by atoms with Crippen molar-refractivity contribution in [3.05, 3.63) is 22.2 Å². The number of halogens is 5. The smallest absolute Gasteiger partial charge is 0.392 e. The summed E-state index contributed by atoms with van der Waals surface area (Å²) in [7, 11) is 1.44. The van der Waals surface area contributed by atoms with E-state index in [0.29, 0.717) is 15.6 Å². The van der Waals surface area contributed by atoms with Gasteiger partial charge in [0.05, 0.1) is 24.6 Å². The minimum absolute atomic E-state index is 0.284. The molecule has 2 nitrogen and oxygen atoms in total. The van der Waals surface area contributed by atoms with E-state index in [9.17, 15) is 13.2 Å². The van der Waals surface area contributed by atoms with Crippen LogP contribution in [0.2, 0.25) is 0 Å². The summed E-state index contributed by atoms with van der Waals surface area (Å²) in [5, 5.41) is 0.616. The molecule has 0 bridgehead atoms. The number of alkyl halides is 4. The van der Waals surface area contributed by atoms with Gasteiger partial charge in [0.1, 0.15) is 0 Å². The lowest BCUT2D eigenvalue weighted by Gasteiger charge is -2.14. The lowest BCUT2D eigenvalue weighted by atomic mass is 10.2.